The van der Waals surface area contributed by atoms with Crippen molar-refractivity contribution in [2.45, 2.75) is 78.7 Å². The fraction of sp³-hybridized carbons (Fsp3) is 0.577. The number of aromatic amines is 1. The summed E-state index contributed by atoms with van der Waals surface area (Å²) in [5.74, 6) is 0.412. The molecule has 2 aromatic rings. The van der Waals surface area contributed by atoms with E-state index in [9.17, 15) is 9.59 Å². The highest BCUT2D eigenvalue weighted by atomic mass is 16.7. The molecule has 1 aromatic heterocycles. The Hall–Kier alpha value is -2.85. The maximum Gasteiger partial charge on any atom is 0.494 e. The van der Waals surface area contributed by atoms with Crippen LogP contribution in [0.4, 0.5) is 4.79 Å². The van der Waals surface area contributed by atoms with Gasteiger partial charge in [-0.1, -0.05) is 45.0 Å². The lowest BCUT2D eigenvalue weighted by molar-refractivity contribution is -0.135. The number of benzene rings is 1. The molecular weight excluding hydrogens is 459 g/mol. The maximum absolute atomic E-state index is 13.3. The smallest absolute Gasteiger partial charge is 0.453 e. The highest BCUT2D eigenvalue weighted by Crippen LogP contribution is 2.36. The van der Waals surface area contributed by atoms with Crippen molar-refractivity contribution < 1.29 is 23.6 Å². The number of aromatic nitrogens is 2. The van der Waals surface area contributed by atoms with E-state index in [-0.39, 0.29) is 11.8 Å². The van der Waals surface area contributed by atoms with Gasteiger partial charge in [0.25, 0.3) is 0 Å². The minimum Gasteiger partial charge on any atom is -0.453 e. The topological polar surface area (TPSA) is 106 Å². The number of ether oxygens (including phenoxy) is 1. The molecule has 3 rings (SSSR count). The van der Waals surface area contributed by atoms with Gasteiger partial charge in [0.2, 0.25) is 5.91 Å². The number of hydrogen-bond donors (Lipinski definition) is 2. The second kappa shape index (κ2) is 11.0. The molecule has 1 aliphatic heterocycles. The lowest BCUT2D eigenvalue weighted by Crippen LogP contribution is -2.51. The van der Waals surface area contributed by atoms with Crippen LogP contribution in [0.1, 0.15) is 60.7 Å². The average Bonchev–Trinajstić information content (AvgIpc) is 3.37. The average molecular weight is 498 g/mol. The van der Waals surface area contributed by atoms with Crippen LogP contribution in [0, 0.1) is 5.92 Å². The molecule has 1 fully saturated rings. The van der Waals surface area contributed by atoms with Gasteiger partial charge in [-0.15, -0.1) is 0 Å². The first-order valence-electron chi connectivity index (χ1n) is 12.5. The summed E-state index contributed by atoms with van der Waals surface area (Å²) in [6, 6.07) is 7.32. The number of amides is 2. The van der Waals surface area contributed by atoms with Crippen LogP contribution in [0.25, 0.3) is 11.3 Å². The second-order valence-corrected chi connectivity index (χ2v) is 10.6. The van der Waals surface area contributed by atoms with Crippen LogP contribution in [-0.2, 0) is 25.4 Å². The predicted molar refractivity (Wildman–Crippen MR) is 140 cm³/mol. The molecule has 0 radical (unpaired) electrons. The number of nitrogens with one attached hydrogen (secondary N) is 2. The first kappa shape index (κ1) is 27.7. The van der Waals surface area contributed by atoms with Crippen molar-refractivity contribution in [2.75, 3.05) is 13.7 Å². The van der Waals surface area contributed by atoms with E-state index in [1.54, 1.807) is 11.1 Å². The molecule has 36 heavy (non-hydrogen) atoms. The van der Waals surface area contributed by atoms with Gasteiger partial charge in [0, 0.05) is 6.54 Å². The highest BCUT2D eigenvalue weighted by Gasteiger charge is 2.51. The largest absolute Gasteiger partial charge is 0.494 e. The Morgan fingerprint density at radius 3 is 2.28 bits per heavy atom. The third kappa shape index (κ3) is 6.10. The third-order valence-electron chi connectivity index (χ3n) is 6.91. The number of H-pyrrole nitrogens is 1. The molecule has 1 aromatic carbocycles. The number of nitrogens with zero attached hydrogens (tertiary/aromatic N) is 2. The molecule has 0 aliphatic carbocycles. The van der Waals surface area contributed by atoms with Gasteiger partial charge in [-0.25, -0.2) is 9.78 Å². The van der Waals surface area contributed by atoms with Gasteiger partial charge in [-0.2, -0.15) is 0 Å². The first-order valence-corrected chi connectivity index (χ1v) is 12.5. The number of rotatable bonds is 9. The summed E-state index contributed by atoms with van der Waals surface area (Å²) in [6.45, 7) is 14.8. The molecule has 2 N–H and O–H groups in total. The van der Waals surface area contributed by atoms with Gasteiger partial charge in [0.15, 0.2) is 0 Å². The third-order valence-corrected chi connectivity index (χ3v) is 6.91. The van der Waals surface area contributed by atoms with E-state index >= 15 is 0 Å². The summed E-state index contributed by atoms with van der Waals surface area (Å²) in [4.78, 5) is 34.6. The highest BCUT2D eigenvalue weighted by molar-refractivity contribution is 6.62. The van der Waals surface area contributed by atoms with E-state index in [2.05, 4.69) is 15.3 Å². The van der Waals surface area contributed by atoms with E-state index in [1.165, 1.54) is 7.11 Å². The Labute approximate surface area is 214 Å². The van der Waals surface area contributed by atoms with E-state index in [0.717, 1.165) is 23.1 Å². The van der Waals surface area contributed by atoms with Gasteiger partial charge < -0.3 is 29.2 Å². The van der Waals surface area contributed by atoms with Crippen molar-refractivity contribution >= 4 is 24.6 Å². The van der Waals surface area contributed by atoms with Crippen molar-refractivity contribution in [1.82, 2.24) is 20.2 Å². The zero-order chi connectivity index (χ0) is 26.7. The summed E-state index contributed by atoms with van der Waals surface area (Å²) in [6.07, 6.45) is 1.92. The Bertz CT molecular complexity index is 1030. The van der Waals surface area contributed by atoms with Crippen LogP contribution in [0.15, 0.2) is 30.5 Å². The van der Waals surface area contributed by atoms with Gasteiger partial charge >= 0.3 is 13.2 Å². The maximum atomic E-state index is 13.3. The molecule has 10 heteroatoms. The number of carbonyl (C=O) groups excluding carboxylic acids is 2. The zero-order valence-corrected chi connectivity index (χ0v) is 22.7. The number of alkyl carbamates (subject to hydrolysis) is 1. The molecule has 0 bridgehead atoms. The van der Waals surface area contributed by atoms with Crippen LogP contribution in [-0.4, -0.2) is 64.9 Å². The lowest BCUT2D eigenvalue weighted by Gasteiger charge is -2.32. The fourth-order valence-electron chi connectivity index (χ4n) is 4.00. The number of methoxy groups -OCH3 is 1. The minimum atomic E-state index is -0.680. The summed E-state index contributed by atoms with van der Waals surface area (Å²) >= 11 is 0. The van der Waals surface area contributed by atoms with Crippen LogP contribution in [0.5, 0.6) is 0 Å². The molecule has 0 spiro atoms. The van der Waals surface area contributed by atoms with Crippen LogP contribution in [0.3, 0.4) is 0 Å². The quantitative estimate of drug-likeness (QED) is 0.513. The lowest BCUT2D eigenvalue weighted by atomic mass is 9.79. The molecular formula is C26H39BN4O5. The van der Waals surface area contributed by atoms with Crippen molar-refractivity contribution in [3.05, 3.63) is 36.3 Å². The second-order valence-electron chi connectivity index (χ2n) is 10.6. The summed E-state index contributed by atoms with van der Waals surface area (Å²) < 4.78 is 17.0. The van der Waals surface area contributed by atoms with Gasteiger partial charge in [0.1, 0.15) is 11.9 Å². The molecule has 2 amide bonds. The predicted octanol–water partition coefficient (Wildman–Crippen LogP) is 3.50. The van der Waals surface area contributed by atoms with E-state index in [1.807, 2.05) is 72.7 Å². The Kier molecular flexibility index (Phi) is 8.51. The molecule has 1 unspecified atom stereocenters. The summed E-state index contributed by atoms with van der Waals surface area (Å²) in [7, 11) is 0.871. The molecule has 0 saturated carbocycles. The zero-order valence-electron chi connectivity index (χ0n) is 22.7. The Balaban J connectivity index is 1.72. The summed E-state index contributed by atoms with van der Waals surface area (Å²) in [5.41, 5.74) is 1.99. The van der Waals surface area contributed by atoms with Crippen molar-refractivity contribution in [3.63, 3.8) is 0 Å². The van der Waals surface area contributed by atoms with Crippen molar-refractivity contribution in [3.8, 4) is 11.3 Å². The summed E-state index contributed by atoms with van der Waals surface area (Å²) in [5, 5.41) is 2.66. The SMILES string of the molecule is CCCN(Cc1ncc(-c2ccc(B3OC(C)(C)C(C)(C)O3)cc2)[nH]1)C(=O)C(NC(=O)OC)C(C)C. The van der Waals surface area contributed by atoms with E-state index < -0.39 is 30.5 Å². The monoisotopic (exact) mass is 498 g/mol. The van der Waals surface area contributed by atoms with E-state index in [0.29, 0.717) is 18.9 Å². The molecule has 9 nitrogen and oxygen atoms in total. The van der Waals surface area contributed by atoms with Crippen LogP contribution in [0.2, 0.25) is 0 Å². The Morgan fingerprint density at radius 1 is 1.14 bits per heavy atom. The normalized spacial score (nSPS) is 17.2. The van der Waals surface area contributed by atoms with Crippen LogP contribution >= 0.6 is 0 Å². The standard InChI is InChI=1S/C26H39BN4O5/c1-9-14-31(23(32)22(17(2)3)30-24(33)34-8)16-21-28-15-20(29-21)18-10-12-19(13-11-18)27-35-25(4,5)26(6,7)36-27/h10-13,15,17,22H,9,14,16H2,1-8H3,(H,28,29)(H,30,33). The van der Waals surface area contributed by atoms with Gasteiger partial charge in [-0.05, 0) is 51.1 Å². The number of carbonyl (C=O) groups is 2. The van der Waals surface area contributed by atoms with E-state index in [4.69, 9.17) is 14.0 Å². The number of imidazole rings is 1. The van der Waals surface area contributed by atoms with Crippen LogP contribution < -0.4 is 10.8 Å². The minimum absolute atomic E-state index is 0.0920. The molecule has 2 heterocycles. The Morgan fingerprint density at radius 2 is 1.75 bits per heavy atom. The number of hydrogen-bond acceptors (Lipinski definition) is 6. The first-order chi connectivity index (χ1) is 16.9. The molecule has 196 valence electrons. The van der Waals surface area contributed by atoms with Crippen molar-refractivity contribution in [2.24, 2.45) is 5.92 Å². The fourth-order valence-corrected chi connectivity index (χ4v) is 4.00. The van der Waals surface area contributed by atoms with Gasteiger partial charge in [-0.3, -0.25) is 4.79 Å². The molecule has 1 saturated heterocycles. The van der Waals surface area contributed by atoms with Gasteiger partial charge in [0.05, 0.1) is 36.7 Å². The molecule has 1 atom stereocenters. The molecule has 1 aliphatic rings. The van der Waals surface area contributed by atoms with Crippen molar-refractivity contribution in [1.29, 1.82) is 0 Å².